The fourth-order valence-corrected chi connectivity index (χ4v) is 6.22. The molecule has 1 atom stereocenters. The average molecular weight is 404 g/mol. The van der Waals surface area contributed by atoms with Gasteiger partial charge < -0.3 is 0 Å². The monoisotopic (exact) mass is 403 g/mol. The first-order valence-electron chi connectivity index (χ1n) is 9.06. The van der Waals surface area contributed by atoms with E-state index >= 15 is 0 Å². The van der Waals surface area contributed by atoms with E-state index in [1.54, 1.807) is 22.1 Å². The van der Waals surface area contributed by atoms with Gasteiger partial charge in [-0.1, -0.05) is 52.3 Å². The Kier molecular flexibility index (Phi) is 8.52. The van der Waals surface area contributed by atoms with Gasteiger partial charge in [0.05, 0.1) is 10.2 Å². The first kappa shape index (κ1) is 21.3. The van der Waals surface area contributed by atoms with Crippen LogP contribution in [0.2, 0.25) is 0 Å². The van der Waals surface area contributed by atoms with Gasteiger partial charge in [-0.3, -0.25) is 0 Å². The van der Waals surface area contributed by atoms with E-state index in [0.717, 1.165) is 35.5 Å². The zero-order valence-electron chi connectivity index (χ0n) is 16.2. The Morgan fingerprint density at radius 1 is 1.19 bits per heavy atom. The zero-order valence-corrected chi connectivity index (χ0v) is 18.7. The molecule has 0 radical (unpaired) electrons. The number of hydrogen-bond donors (Lipinski definition) is 0. The number of para-hydroxylation sites is 1. The van der Waals surface area contributed by atoms with E-state index in [4.69, 9.17) is 4.98 Å². The molecule has 4 heteroatoms. The maximum absolute atomic E-state index is 4.72. The van der Waals surface area contributed by atoms with Crippen LogP contribution in [0.3, 0.4) is 0 Å². The van der Waals surface area contributed by atoms with Gasteiger partial charge in [0.25, 0.3) is 0 Å². The molecular formula is C22H29NS3. The lowest BCUT2D eigenvalue weighted by Gasteiger charge is -2.23. The van der Waals surface area contributed by atoms with Gasteiger partial charge in [0.2, 0.25) is 0 Å². The molecule has 1 aromatic carbocycles. The summed E-state index contributed by atoms with van der Waals surface area (Å²) in [5.74, 6) is 0. The Morgan fingerprint density at radius 3 is 2.65 bits per heavy atom. The van der Waals surface area contributed by atoms with Crippen LogP contribution in [-0.4, -0.2) is 9.73 Å². The van der Waals surface area contributed by atoms with Crippen molar-refractivity contribution in [3.8, 4) is 0 Å². The molecular weight excluding hydrogens is 374 g/mol. The van der Waals surface area contributed by atoms with E-state index in [1.165, 1.54) is 15.8 Å². The van der Waals surface area contributed by atoms with Crippen LogP contribution in [0.15, 0.2) is 64.6 Å². The van der Waals surface area contributed by atoms with Crippen molar-refractivity contribution in [2.45, 2.75) is 62.5 Å². The Hall–Kier alpha value is -0.970. The first-order chi connectivity index (χ1) is 12.4. The molecule has 1 unspecified atom stereocenters. The number of nitrogens with zero attached hydrogens (tertiary/aromatic N) is 1. The summed E-state index contributed by atoms with van der Waals surface area (Å²) in [6.45, 7) is 12.9. The zero-order chi connectivity index (χ0) is 19.0. The molecule has 1 heterocycles. The van der Waals surface area contributed by atoms with Crippen molar-refractivity contribution in [1.29, 1.82) is 0 Å². The molecule has 0 aliphatic rings. The van der Waals surface area contributed by atoms with E-state index in [1.807, 2.05) is 16.9 Å². The Labute approximate surface area is 170 Å². The number of aromatic nitrogens is 1. The molecule has 0 saturated heterocycles. The number of benzene rings is 1. The first-order valence-corrected chi connectivity index (χ1v) is 12.0. The number of rotatable bonds is 10. The Morgan fingerprint density at radius 2 is 1.96 bits per heavy atom. The minimum Gasteiger partial charge on any atom is -0.229 e. The number of hydrogen-bond acceptors (Lipinski definition) is 4. The molecule has 2 aromatic rings. The molecule has 0 aliphatic heterocycles. The molecule has 2 rings (SSSR count). The van der Waals surface area contributed by atoms with Crippen LogP contribution in [0.25, 0.3) is 10.2 Å². The normalized spacial score (nSPS) is 14.2. The maximum atomic E-state index is 4.72. The second-order valence-corrected chi connectivity index (χ2v) is 11.0. The lowest BCUT2D eigenvalue weighted by molar-refractivity contribution is 0.710. The third-order valence-electron chi connectivity index (χ3n) is 4.23. The quantitative estimate of drug-likeness (QED) is 0.292. The van der Waals surface area contributed by atoms with Crippen LogP contribution in [0.1, 0.15) is 53.4 Å². The van der Waals surface area contributed by atoms with Crippen molar-refractivity contribution in [2.75, 3.05) is 0 Å². The second kappa shape index (κ2) is 10.4. The minimum absolute atomic E-state index is 0.0548. The average Bonchev–Trinajstić information content (AvgIpc) is 3.03. The summed E-state index contributed by atoms with van der Waals surface area (Å²) in [6, 6.07) is 8.33. The standard InChI is InChI=1S/C22H29NS3/c1-6-22(5,16-10-13-18(4)12-9-11-17(2)3)26-25-21-23-19-14-7-8-15-20(19)24-21/h6-8,11,13-15H,1,9-10,12,16H2,2-5H3/b18-13+. The SMILES string of the molecule is C=CC(C)(CC/C=C(\C)CCC=C(C)C)SSc1nc2ccccc2s1. The summed E-state index contributed by atoms with van der Waals surface area (Å²) in [5, 5.41) is 0. The summed E-state index contributed by atoms with van der Waals surface area (Å²) in [4.78, 5) is 4.72. The molecule has 0 fully saturated rings. The van der Waals surface area contributed by atoms with Crippen molar-refractivity contribution < 1.29 is 0 Å². The highest BCUT2D eigenvalue weighted by Crippen LogP contribution is 2.46. The van der Waals surface area contributed by atoms with Crippen molar-refractivity contribution in [1.82, 2.24) is 4.98 Å². The van der Waals surface area contributed by atoms with E-state index in [2.05, 4.69) is 70.7 Å². The molecule has 0 saturated carbocycles. The van der Waals surface area contributed by atoms with Crippen molar-refractivity contribution in [3.63, 3.8) is 0 Å². The van der Waals surface area contributed by atoms with E-state index in [9.17, 15) is 0 Å². The molecule has 1 aromatic heterocycles. The molecule has 0 amide bonds. The lowest BCUT2D eigenvalue weighted by Crippen LogP contribution is -2.14. The summed E-state index contributed by atoms with van der Waals surface area (Å²) < 4.78 is 2.43. The van der Waals surface area contributed by atoms with Gasteiger partial charge in [0, 0.05) is 4.75 Å². The molecule has 0 N–H and O–H groups in total. The molecule has 0 spiro atoms. The molecule has 140 valence electrons. The van der Waals surface area contributed by atoms with Gasteiger partial charge in [-0.2, -0.15) is 0 Å². The number of thiazole rings is 1. The van der Waals surface area contributed by atoms with Crippen LogP contribution < -0.4 is 0 Å². The van der Waals surface area contributed by atoms with Crippen molar-refractivity contribution >= 4 is 43.1 Å². The van der Waals surface area contributed by atoms with Gasteiger partial charge in [-0.05, 0) is 76.3 Å². The van der Waals surface area contributed by atoms with E-state index in [-0.39, 0.29) is 4.75 Å². The third kappa shape index (κ3) is 6.98. The molecule has 0 bridgehead atoms. The Bertz CT molecular complexity index is 751. The van der Waals surface area contributed by atoms with Gasteiger partial charge in [-0.25, -0.2) is 4.98 Å². The molecule has 0 aliphatic carbocycles. The maximum Gasteiger partial charge on any atom is 0.161 e. The summed E-state index contributed by atoms with van der Waals surface area (Å²) >= 11 is 1.77. The van der Waals surface area contributed by atoms with Gasteiger partial charge in [0.1, 0.15) is 0 Å². The number of allylic oxidation sites excluding steroid dienone is 4. The van der Waals surface area contributed by atoms with Crippen LogP contribution in [0.5, 0.6) is 0 Å². The van der Waals surface area contributed by atoms with Crippen molar-refractivity contribution in [3.05, 3.63) is 60.2 Å². The number of fused-ring (bicyclic) bond motifs is 1. The molecule has 1 nitrogen and oxygen atoms in total. The molecule has 26 heavy (non-hydrogen) atoms. The predicted octanol–water partition coefficient (Wildman–Crippen LogP) is 8.45. The predicted molar refractivity (Wildman–Crippen MR) is 123 cm³/mol. The summed E-state index contributed by atoms with van der Waals surface area (Å²) in [6.07, 6.45) is 11.3. The fourth-order valence-electron chi connectivity index (χ4n) is 2.49. The minimum atomic E-state index is 0.0548. The Balaban J connectivity index is 1.85. The van der Waals surface area contributed by atoms with Crippen molar-refractivity contribution in [2.24, 2.45) is 0 Å². The van der Waals surface area contributed by atoms with E-state index in [0.29, 0.717) is 0 Å². The summed E-state index contributed by atoms with van der Waals surface area (Å²) in [5.41, 5.74) is 3.98. The van der Waals surface area contributed by atoms with Crippen LogP contribution in [0, 0.1) is 0 Å². The lowest BCUT2D eigenvalue weighted by atomic mass is 10.0. The van der Waals surface area contributed by atoms with Crippen LogP contribution >= 0.6 is 32.9 Å². The topological polar surface area (TPSA) is 12.9 Å². The second-order valence-electron chi connectivity index (χ2n) is 7.04. The summed E-state index contributed by atoms with van der Waals surface area (Å²) in [7, 11) is 3.65. The highest BCUT2D eigenvalue weighted by molar-refractivity contribution is 8.77. The largest absolute Gasteiger partial charge is 0.229 e. The van der Waals surface area contributed by atoms with E-state index < -0.39 is 0 Å². The van der Waals surface area contributed by atoms with Gasteiger partial charge >= 0.3 is 0 Å². The van der Waals surface area contributed by atoms with Crippen LogP contribution in [-0.2, 0) is 0 Å². The highest BCUT2D eigenvalue weighted by atomic mass is 33.1. The highest BCUT2D eigenvalue weighted by Gasteiger charge is 2.22. The smallest absolute Gasteiger partial charge is 0.161 e. The fraction of sp³-hybridized carbons (Fsp3) is 0.409. The van der Waals surface area contributed by atoms with Gasteiger partial charge in [0.15, 0.2) is 4.34 Å². The van der Waals surface area contributed by atoms with Crippen LogP contribution in [0.4, 0.5) is 0 Å². The third-order valence-corrected chi connectivity index (χ3v) is 8.82. The van der Waals surface area contributed by atoms with Gasteiger partial charge in [-0.15, -0.1) is 17.9 Å².